The number of amides is 4. The summed E-state index contributed by atoms with van der Waals surface area (Å²) in [6.07, 6.45) is -1.84. The summed E-state index contributed by atoms with van der Waals surface area (Å²) in [5.41, 5.74) is 0. The number of ether oxygens (including phenoxy) is 2. The molecule has 0 aliphatic carbocycles. The van der Waals surface area contributed by atoms with E-state index < -0.39 is 26.1 Å². The second-order valence-corrected chi connectivity index (χ2v) is 8.58. The number of nitrogens with one attached hydrogen (secondary N) is 2. The van der Waals surface area contributed by atoms with E-state index in [2.05, 4.69) is 100 Å². The van der Waals surface area contributed by atoms with Crippen molar-refractivity contribution in [3.8, 4) is 0 Å². The molecule has 0 atom stereocenters. The van der Waals surface area contributed by atoms with Crippen LogP contribution in [-0.4, -0.2) is 31.4 Å². The molecule has 3 rings (SSSR count). The molecular formula is C25H27N2O5P. The van der Waals surface area contributed by atoms with E-state index in [4.69, 9.17) is 0 Å². The van der Waals surface area contributed by atoms with Gasteiger partial charge in [0.05, 0.1) is 13.2 Å². The number of rotatable bonds is 5. The van der Waals surface area contributed by atoms with Crippen LogP contribution in [0.3, 0.4) is 0 Å². The van der Waals surface area contributed by atoms with Crippen LogP contribution in [0.25, 0.3) is 0 Å². The van der Waals surface area contributed by atoms with E-state index in [-0.39, 0.29) is 13.2 Å². The van der Waals surface area contributed by atoms with E-state index in [1.165, 1.54) is 15.9 Å². The Bertz CT molecular complexity index is 885. The molecule has 0 radical (unpaired) electrons. The predicted molar refractivity (Wildman–Crippen MR) is 131 cm³/mol. The summed E-state index contributed by atoms with van der Waals surface area (Å²) < 4.78 is 8.78. The van der Waals surface area contributed by atoms with Crippen LogP contribution >= 0.6 is 7.92 Å². The van der Waals surface area contributed by atoms with Gasteiger partial charge in [-0.25, -0.2) is 25.0 Å². The van der Waals surface area contributed by atoms with Gasteiger partial charge in [0.1, 0.15) is 0 Å². The van der Waals surface area contributed by atoms with Crippen LogP contribution in [0.2, 0.25) is 0 Å². The second kappa shape index (κ2) is 14.4. The van der Waals surface area contributed by atoms with Gasteiger partial charge in [0.2, 0.25) is 0 Å². The molecule has 7 nitrogen and oxygen atoms in total. The van der Waals surface area contributed by atoms with Gasteiger partial charge in [-0.15, -0.1) is 0 Å². The molecule has 172 valence electrons. The maximum Gasteiger partial charge on any atom is 0.415 e. The molecule has 0 aliphatic rings. The zero-order chi connectivity index (χ0) is 23.9. The normalized spacial score (nSPS) is 9.79. The Kier molecular flexibility index (Phi) is 11.1. The number of hydrogen-bond donors (Lipinski definition) is 2. The fraction of sp³-hybridized carbons (Fsp3) is 0.160. The fourth-order valence-electron chi connectivity index (χ4n) is 2.73. The van der Waals surface area contributed by atoms with Crippen molar-refractivity contribution in [1.29, 1.82) is 0 Å². The standard InChI is InChI=1S/C18H15P.C7H12N2O5/c1-4-10-16(11-5-1)19(17-12-6-2-7-13-17)18-14-8-3-9-15-18;1-3-13-6(11)8-5(10)9-7(12)14-4-2/h1-15H;3-4H2,1-2H3,(H2,8,9,10,11,12). The average molecular weight is 466 g/mol. The molecule has 0 aromatic heterocycles. The molecule has 0 aliphatic heterocycles. The number of carbonyl (C=O) groups is 3. The number of carbonyl (C=O) groups excluding carboxylic acids is 3. The van der Waals surface area contributed by atoms with Crippen LogP contribution in [0.1, 0.15) is 13.8 Å². The first-order valence-corrected chi connectivity index (χ1v) is 11.8. The van der Waals surface area contributed by atoms with Crippen molar-refractivity contribution in [1.82, 2.24) is 10.6 Å². The van der Waals surface area contributed by atoms with E-state index in [1.54, 1.807) is 24.5 Å². The molecule has 0 saturated carbocycles. The van der Waals surface area contributed by atoms with Gasteiger partial charge < -0.3 is 9.47 Å². The van der Waals surface area contributed by atoms with Gasteiger partial charge in [-0.2, -0.15) is 0 Å². The smallest absolute Gasteiger partial charge is 0.415 e. The number of benzene rings is 3. The van der Waals surface area contributed by atoms with Crippen LogP contribution in [0.4, 0.5) is 14.4 Å². The van der Waals surface area contributed by atoms with Gasteiger partial charge in [0.25, 0.3) is 0 Å². The summed E-state index contributed by atoms with van der Waals surface area (Å²) in [5, 5.41) is 7.71. The SMILES string of the molecule is CCOC(=O)NC(=O)NC(=O)OCC.c1ccc(P(c2ccccc2)c2ccccc2)cc1. The third-order valence-electron chi connectivity index (χ3n) is 4.03. The zero-order valence-electron chi connectivity index (χ0n) is 18.6. The molecule has 0 heterocycles. The minimum Gasteiger partial charge on any atom is -0.450 e. The van der Waals surface area contributed by atoms with Gasteiger partial charge in [-0.05, 0) is 37.7 Å². The Balaban J connectivity index is 0.000000248. The van der Waals surface area contributed by atoms with Crippen molar-refractivity contribution >= 4 is 42.1 Å². The van der Waals surface area contributed by atoms with Crippen molar-refractivity contribution < 1.29 is 23.9 Å². The van der Waals surface area contributed by atoms with Crippen LogP contribution < -0.4 is 26.5 Å². The van der Waals surface area contributed by atoms with Crippen molar-refractivity contribution in [2.24, 2.45) is 0 Å². The van der Waals surface area contributed by atoms with E-state index in [0.29, 0.717) is 0 Å². The van der Waals surface area contributed by atoms with E-state index in [1.807, 2.05) is 0 Å². The Morgan fingerprint density at radius 2 is 0.909 bits per heavy atom. The van der Waals surface area contributed by atoms with Crippen molar-refractivity contribution in [2.45, 2.75) is 13.8 Å². The maximum absolute atomic E-state index is 10.8. The zero-order valence-corrected chi connectivity index (χ0v) is 19.5. The lowest BCUT2D eigenvalue weighted by atomic mass is 10.4. The van der Waals surface area contributed by atoms with Gasteiger partial charge in [-0.3, -0.25) is 0 Å². The summed E-state index contributed by atoms with van der Waals surface area (Å²) >= 11 is 0. The highest BCUT2D eigenvalue weighted by Crippen LogP contribution is 2.32. The molecule has 3 aromatic rings. The van der Waals surface area contributed by atoms with Crippen molar-refractivity contribution in [2.75, 3.05) is 13.2 Å². The van der Waals surface area contributed by atoms with E-state index in [9.17, 15) is 14.4 Å². The molecule has 0 saturated heterocycles. The Hall–Kier alpha value is -3.70. The van der Waals surface area contributed by atoms with Gasteiger partial charge in [0.15, 0.2) is 0 Å². The number of urea groups is 1. The minimum absolute atomic E-state index is 0.137. The molecule has 4 amide bonds. The van der Waals surface area contributed by atoms with E-state index >= 15 is 0 Å². The third kappa shape index (κ3) is 9.13. The molecule has 0 unspecified atom stereocenters. The third-order valence-corrected chi connectivity index (χ3v) is 6.47. The molecule has 0 bridgehead atoms. The quantitative estimate of drug-likeness (QED) is 0.554. The molecule has 2 N–H and O–H groups in total. The predicted octanol–water partition coefficient (Wildman–Crippen LogP) is 4.04. The summed E-state index contributed by atoms with van der Waals surface area (Å²) in [4.78, 5) is 32.1. The highest BCUT2D eigenvalue weighted by Gasteiger charge is 2.15. The average Bonchev–Trinajstić information content (AvgIpc) is 2.82. The number of alkyl carbamates (subject to hydrolysis) is 2. The molecule has 3 aromatic carbocycles. The summed E-state index contributed by atoms with van der Waals surface area (Å²) in [5.74, 6) is 0. The molecule has 0 fully saturated rings. The van der Waals surface area contributed by atoms with Crippen LogP contribution in [0, 0.1) is 0 Å². The van der Waals surface area contributed by atoms with E-state index in [0.717, 1.165) is 0 Å². The Morgan fingerprint density at radius 3 is 1.18 bits per heavy atom. The van der Waals surface area contributed by atoms with Crippen LogP contribution in [0.15, 0.2) is 91.0 Å². The monoisotopic (exact) mass is 466 g/mol. The van der Waals surface area contributed by atoms with Crippen molar-refractivity contribution in [3.63, 3.8) is 0 Å². The largest absolute Gasteiger partial charge is 0.450 e. The van der Waals surface area contributed by atoms with Gasteiger partial charge in [0, 0.05) is 0 Å². The minimum atomic E-state index is -0.984. The Morgan fingerprint density at radius 1 is 0.606 bits per heavy atom. The van der Waals surface area contributed by atoms with Gasteiger partial charge in [-0.1, -0.05) is 91.0 Å². The summed E-state index contributed by atoms with van der Waals surface area (Å²) in [7, 11) is -0.446. The number of hydrogen-bond acceptors (Lipinski definition) is 5. The van der Waals surface area contributed by atoms with Crippen LogP contribution in [-0.2, 0) is 9.47 Å². The molecular weight excluding hydrogens is 439 g/mol. The lowest BCUT2D eigenvalue weighted by Gasteiger charge is -2.18. The summed E-state index contributed by atoms with van der Waals surface area (Å²) in [6, 6.07) is 31.3. The lowest BCUT2D eigenvalue weighted by molar-refractivity contribution is 0.146. The first-order chi connectivity index (χ1) is 16.0. The first kappa shape index (κ1) is 25.6. The highest BCUT2D eigenvalue weighted by molar-refractivity contribution is 7.79. The number of imide groups is 2. The molecule has 33 heavy (non-hydrogen) atoms. The Labute approximate surface area is 194 Å². The van der Waals surface area contributed by atoms with Gasteiger partial charge >= 0.3 is 18.2 Å². The summed E-state index contributed by atoms with van der Waals surface area (Å²) in [6.45, 7) is 3.45. The van der Waals surface area contributed by atoms with Crippen LogP contribution in [0.5, 0.6) is 0 Å². The second-order valence-electron chi connectivity index (χ2n) is 6.36. The molecule has 8 heteroatoms. The highest BCUT2D eigenvalue weighted by atomic mass is 31.1. The molecule has 0 spiro atoms. The first-order valence-electron chi connectivity index (χ1n) is 10.4. The fourth-order valence-corrected chi connectivity index (χ4v) is 5.03. The lowest BCUT2D eigenvalue weighted by Crippen LogP contribution is -2.42. The topological polar surface area (TPSA) is 93.7 Å². The maximum atomic E-state index is 10.8. The van der Waals surface area contributed by atoms with Crippen molar-refractivity contribution in [3.05, 3.63) is 91.0 Å².